The van der Waals surface area contributed by atoms with Gasteiger partial charge in [0.2, 0.25) is 5.91 Å². The molecule has 0 aliphatic heterocycles. The number of hydrogen-bond acceptors (Lipinski definition) is 5. The first-order valence-corrected chi connectivity index (χ1v) is 7.70. The van der Waals surface area contributed by atoms with Gasteiger partial charge in [-0.2, -0.15) is 0 Å². The van der Waals surface area contributed by atoms with Crippen LogP contribution in [0.5, 0.6) is 0 Å². The maximum absolute atomic E-state index is 10.9. The maximum atomic E-state index is 10.9. The Morgan fingerprint density at radius 2 is 1.91 bits per heavy atom. The molecule has 2 heterocycles. The van der Waals surface area contributed by atoms with Crippen LogP contribution in [0.1, 0.15) is 24.6 Å². The quantitative estimate of drug-likeness (QED) is 0.827. The van der Waals surface area contributed by atoms with Gasteiger partial charge in [-0.3, -0.25) is 9.78 Å². The predicted molar refractivity (Wildman–Crippen MR) is 91.3 cm³/mol. The molecule has 2 aromatic rings. The molecule has 0 bridgehead atoms. The molecule has 2 rings (SSSR count). The molecule has 0 spiro atoms. The number of carbonyl (C=O) groups is 1. The van der Waals surface area contributed by atoms with Gasteiger partial charge in [0.05, 0.1) is 0 Å². The maximum Gasteiger partial charge on any atom is 0.216 e. The Morgan fingerprint density at radius 1 is 1.22 bits per heavy atom. The van der Waals surface area contributed by atoms with E-state index in [0.717, 1.165) is 35.6 Å². The fourth-order valence-corrected chi connectivity index (χ4v) is 2.30. The van der Waals surface area contributed by atoms with Crippen molar-refractivity contribution in [3.63, 3.8) is 0 Å². The number of amides is 1. The molecule has 6 nitrogen and oxygen atoms in total. The van der Waals surface area contributed by atoms with E-state index in [1.165, 1.54) is 6.92 Å². The first-order valence-electron chi connectivity index (χ1n) is 7.70. The number of aromatic nitrogens is 3. The van der Waals surface area contributed by atoms with Crippen LogP contribution < -0.4 is 10.2 Å². The zero-order valence-electron chi connectivity index (χ0n) is 14.1. The highest BCUT2D eigenvalue weighted by Gasteiger charge is 2.13. The highest BCUT2D eigenvalue weighted by molar-refractivity contribution is 5.72. The molecule has 0 atom stereocenters. The Kier molecular flexibility index (Phi) is 5.62. The number of rotatable bonds is 6. The second kappa shape index (κ2) is 7.67. The molecule has 0 aliphatic rings. The molecule has 122 valence electrons. The van der Waals surface area contributed by atoms with Crippen LogP contribution in [0.3, 0.4) is 0 Å². The predicted octanol–water partition coefficient (Wildman–Crippen LogP) is 2.12. The van der Waals surface area contributed by atoms with Crippen molar-refractivity contribution in [3.8, 4) is 11.4 Å². The van der Waals surface area contributed by atoms with Crippen molar-refractivity contribution in [2.75, 3.05) is 25.0 Å². The van der Waals surface area contributed by atoms with Crippen molar-refractivity contribution in [3.05, 3.63) is 35.8 Å². The molecule has 1 N–H and O–H groups in total. The van der Waals surface area contributed by atoms with E-state index in [-0.39, 0.29) is 5.91 Å². The zero-order valence-corrected chi connectivity index (χ0v) is 14.1. The van der Waals surface area contributed by atoms with Gasteiger partial charge in [-0.05, 0) is 32.4 Å². The number of nitrogens with zero attached hydrogens (tertiary/aromatic N) is 4. The van der Waals surface area contributed by atoms with E-state index in [1.54, 1.807) is 12.4 Å². The molecule has 2 aromatic heterocycles. The van der Waals surface area contributed by atoms with E-state index in [0.29, 0.717) is 12.4 Å². The summed E-state index contributed by atoms with van der Waals surface area (Å²) in [5.74, 6) is 1.63. The minimum atomic E-state index is 0.00156. The molecule has 0 aromatic carbocycles. The molecule has 6 heteroatoms. The minimum absolute atomic E-state index is 0.00156. The number of nitrogens with one attached hydrogen (secondary N) is 1. The van der Waals surface area contributed by atoms with Gasteiger partial charge in [-0.15, -0.1) is 0 Å². The third-order valence-corrected chi connectivity index (χ3v) is 3.71. The summed E-state index contributed by atoms with van der Waals surface area (Å²) in [6, 6.07) is 3.81. The van der Waals surface area contributed by atoms with E-state index >= 15 is 0 Å². The van der Waals surface area contributed by atoms with Gasteiger partial charge in [0.1, 0.15) is 5.82 Å². The first-order chi connectivity index (χ1) is 11.0. The Balaban J connectivity index is 2.17. The Bertz CT molecular complexity index is 672. The average Bonchev–Trinajstić information content (AvgIpc) is 2.54. The van der Waals surface area contributed by atoms with Crippen LogP contribution in [0.25, 0.3) is 11.4 Å². The molecular weight excluding hydrogens is 290 g/mol. The summed E-state index contributed by atoms with van der Waals surface area (Å²) in [6.07, 6.45) is 4.35. The van der Waals surface area contributed by atoms with Crippen LogP contribution in [0.15, 0.2) is 24.5 Å². The van der Waals surface area contributed by atoms with Crippen LogP contribution in [0, 0.1) is 13.8 Å². The smallest absolute Gasteiger partial charge is 0.216 e. The van der Waals surface area contributed by atoms with Crippen molar-refractivity contribution in [1.82, 2.24) is 20.3 Å². The van der Waals surface area contributed by atoms with E-state index in [4.69, 9.17) is 4.98 Å². The summed E-state index contributed by atoms with van der Waals surface area (Å²) in [7, 11) is 2.01. The molecule has 0 aliphatic carbocycles. The number of hydrogen-bond donors (Lipinski definition) is 1. The van der Waals surface area contributed by atoms with Crippen molar-refractivity contribution in [2.45, 2.75) is 27.2 Å². The van der Waals surface area contributed by atoms with Crippen LogP contribution in [-0.2, 0) is 4.79 Å². The number of carbonyl (C=O) groups excluding carboxylic acids is 1. The van der Waals surface area contributed by atoms with Gasteiger partial charge >= 0.3 is 0 Å². The molecule has 0 saturated heterocycles. The molecule has 0 radical (unpaired) electrons. The summed E-state index contributed by atoms with van der Waals surface area (Å²) < 4.78 is 0. The standard InChI is InChI=1S/C17H23N5O/c1-12-13(2)20-16(15-6-9-18-10-7-15)21-17(12)22(4)11-5-8-19-14(3)23/h6-7,9-10H,5,8,11H2,1-4H3,(H,19,23). The summed E-state index contributed by atoms with van der Waals surface area (Å²) >= 11 is 0. The van der Waals surface area contributed by atoms with Gasteiger partial charge in [0.15, 0.2) is 5.82 Å². The van der Waals surface area contributed by atoms with E-state index in [9.17, 15) is 4.79 Å². The third-order valence-electron chi connectivity index (χ3n) is 3.71. The van der Waals surface area contributed by atoms with Gasteiger partial charge < -0.3 is 10.2 Å². The normalized spacial score (nSPS) is 10.4. The lowest BCUT2D eigenvalue weighted by molar-refractivity contribution is -0.118. The molecule has 23 heavy (non-hydrogen) atoms. The van der Waals surface area contributed by atoms with Crippen LogP contribution in [0.2, 0.25) is 0 Å². The molecule has 0 fully saturated rings. The molecule has 1 amide bonds. The fraction of sp³-hybridized carbons (Fsp3) is 0.412. The molecular formula is C17H23N5O. The van der Waals surface area contributed by atoms with Crippen LogP contribution >= 0.6 is 0 Å². The lowest BCUT2D eigenvalue weighted by Crippen LogP contribution is -2.27. The summed E-state index contributed by atoms with van der Waals surface area (Å²) in [6.45, 7) is 7.04. The third kappa shape index (κ3) is 4.48. The number of pyridine rings is 1. The van der Waals surface area contributed by atoms with Crippen molar-refractivity contribution in [1.29, 1.82) is 0 Å². The molecule has 0 unspecified atom stereocenters. The summed E-state index contributed by atoms with van der Waals surface area (Å²) in [5, 5.41) is 2.81. The van der Waals surface area contributed by atoms with Gasteiger partial charge in [0.25, 0.3) is 0 Å². The fourth-order valence-electron chi connectivity index (χ4n) is 2.30. The number of anilines is 1. The van der Waals surface area contributed by atoms with Crippen LogP contribution in [-0.4, -0.2) is 41.0 Å². The van der Waals surface area contributed by atoms with Gasteiger partial charge in [-0.25, -0.2) is 9.97 Å². The van der Waals surface area contributed by atoms with Gasteiger partial charge in [-0.1, -0.05) is 0 Å². The average molecular weight is 313 g/mol. The topological polar surface area (TPSA) is 71.0 Å². The van der Waals surface area contributed by atoms with Crippen molar-refractivity contribution in [2.24, 2.45) is 0 Å². The first kappa shape index (κ1) is 16.9. The SMILES string of the molecule is CC(=O)NCCCN(C)c1nc(-c2ccncc2)nc(C)c1C. The lowest BCUT2D eigenvalue weighted by atomic mass is 10.2. The molecule has 0 saturated carbocycles. The Hall–Kier alpha value is -2.50. The lowest BCUT2D eigenvalue weighted by Gasteiger charge is -2.21. The van der Waals surface area contributed by atoms with E-state index in [2.05, 4.69) is 20.2 Å². The highest BCUT2D eigenvalue weighted by Crippen LogP contribution is 2.23. The van der Waals surface area contributed by atoms with E-state index in [1.807, 2.05) is 33.0 Å². The summed E-state index contributed by atoms with van der Waals surface area (Å²) in [5.41, 5.74) is 3.00. The highest BCUT2D eigenvalue weighted by atomic mass is 16.1. The van der Waals surface area contributed by atoms with Gasteiger partial charge in [0, 0.05) is 56.3 Å². The van der Waals surface area contributed by atoms with Crippen molar-refractivity contribution < 1.29 is 4.79 Å². The van der Waals surface area contributed by atoms with E-state index < -0.39 is 0 Å². The minimum Gasteiger partial charge on any atom is -0.359 e. The van der Waals surface area contributed by atoms with Crippen LogP contribution in [0.4, 0.5) is 5.82 Å². The largest absolute Gasteiger partial charge is 0.359 e. The zero-order chi connectivity index (χ0) is 16.8. The second-order valence-corrected chi connectivity index (χ2v) is 5.58. The Labute approximate surface area is 137 Å². The number of aryl methyl sites for hydroxylation is 1. The van der Waals surface area contributed by atoms with Crippen molar-refractivity contribution >= 4 is 11.7 Å². The second-order valence-electron chi connectivity index (χ2n) is 5.58. The summed E-state index contributed by atoms with van der Waals surface area (Å²) in [4.78, 5) is 26.3. The Morgan fingerprint density at radius 3 is 2.57 bits per heavy atom. The monoisotopic (exact) mass is 313 g/mol.